The number of rotatable bonds is 9. The minimum Gasteiger partial charge on any atom is -0.497 e. The van der Waals surface area contributed by atoms with Gasteiger partial charge in [0.1, 0.15) is 5.75 Å². The van der Waals surface area contributed by atoms with Gasteiger partial charge < -0.3 is 25.1 Å². The van der Waals surface area contributed by atoms with Crippen LogP contribution in [0.4, 0.5) is 5.69 Å². The predicted octanol–water partition coefficient (Wildman–Crippen LogP) is 3.84. The van der Waals surface area contributed by atoms with E-state index in [4.69, 9.17) is 9.15 Å². The van der Waals surface area contributed by atoms with Crippen LogP contribution in [-0.2, 0) is 13.0 Å². The monoisotopic (exact) mass is 420 g/mol. The van der Waals surface area contributed by atoms with E-state index in [9.17, 15) is 4.79 Å². The third-order valence-corrected chi connectivity index (χ3v) is 4.56. The zero-order valence-electron chi connectivity index (χ0n) is 17.9. The zero-order chi connectivity index (χ0) is 21.9. The van der Waals surface area contributed by atoms with Crippen molar-refractivity contribution in [3.63, 3.8) is 0 Å². The highest BCUT2D eigenvalue weighted by Crippen LogP contribution is 2.14. The van der Waals surface area contributed by atoms with Gasteiger partial charge in [-0.3, -0.25) is 4.79 Å². The standard InChI is InChI=1S/C24H28N4O3/c1-3-25-24(26-14-13-18-9-11-21(30-2)12-10-18)27-17-19-6-4-7-20(16-19)28-23(29)22-8-5-15-31-22/h4-12,15-16H,3,13-14,17H2,1-2H3,(H,28,29)(H2,25,26,27). The summed E-state index contributed by atoms with van der Waals surface area (Å²) in [5.41, 5.74) is 2.92. The minimum absolute atomic E-state index is 0.277. The van der Waals surface area contributed by atoms with Crippen molar-refractivity contribution in [3.8, 4) is 5.75 Å². The Morgan fingerprint density at radius 1 is 1.03 bits per heavy atom. The van der Waals surface area contributed by atoms with E-state index in [0.29, 0.717) is 12.2 Å². The molecule has 1 aromatic heterocycles. The van der Waals surface area contributed by atoms with E-state index in [-0.39, 0.29) is 11.7 Å². The fraction of sp³-hybridized carbons (Fsp3) is 0.250. The second kappa shape index (κ2) is 11.4. The number of carbonyl (C=O) groups is 1. The first kappa shape index (κ1) is 22.0. The molecule has 0 unspecified atom stereocenters. The van der Waals surface area contributed by atoms with Crippen LogP contribution in [0.1, 0.15) is 28.6 Å². The Kier molecular flexibility index (Phi) is 8.11. The number of nitrogens with one attached hydrogen (secondary N) is 3. The van der Waals surface area contributed by atoms with Crippen molar-refractivity contribution in [2.45, 2.75) is 19.9 Å². The molecule has 162 valence electrons. The van der Waals surface area contributed by atoms with Crippen molar-refractivity contribution >= 4 is 17.6 Å². The van der Waals surface area contributed by atoms with Gasteiger partial charge in [0.2, 0.25) is 0 Å². The molecule has 1 heterocycles. The summed E-state index contributed by atoms with van der Waals surface area (Å²) in [6.45, 7) is 4.05. The van der Waals surface area contributed by atoms with Crippen LogP contribution in [0.3, 0.4) is 0 Å². The summed E-state index contributed by atoms with van der Waals surface area (Å²) in [6, 6.07) is 19.0. The van der Waals surface area contributed by atoms with E-state index in [0.717, 1.165) is 36.8 Å². The van der Waals surface area contributed by atoms with E-state index in [2.05, 4.69) is 33.1 Å². The van der Waals surface area contributed by atoms with E-state index >= 15 is 0 Å². The third kappa shape index (κ3) is 6.92. The minimum atomic E-state index is -0.279. The van der Waals surface area contributed by atoms with E-state index in [1.807, 2.05) is 43.3 Å². The predicted molar refractivity (Wildman–Crippen MR) is 123 cm³/mol. The molecule has 0 radical (unpaired) electrons. The lowest BCUT2D eigenvalue weighted by molar-refractivity contribution is 0.0996. The lowest BCUT2D eigenvalue weighted by atomic mass is 10.1. The van der Waals surface area contributed by atoms with Gasteiger partial charge in [-0.15, -0.1) is 0 Å². The number of methoxy groups -OCH3 is 1. The van der Waals surface area contributed by atoms with Gasteiger partial charge in [0.25, 0.3) is 5.91 Å². The van der Waals surface area contributed by atoms with Gasteiger partial charge in [0, 0.05) is 18.8 Å². The molecule has 3 aromatic rings. The first-order valence-electron chi connectivity index (χ1n) is 10.3. The smallest absolute Gasteiger partial charge is 0.291 e. The molecule has 0 saturated carbocycles. The molecular formula is C24H28N4O3. The average molecular weight is 421 g/mol. The number of benzene rings is 2. The van der Waals surface area contributed by atoms with Crippen molar-refractivity contribution in [1.29, 1.82) is 0 Å². The summed E-state index contributed by atoms with van der Waals surface area (Å²) in [7, 11) is 1.67. The zero-order valence-corrected chi connectivity index (χ0v) is 17.9. The summed E-state index contributed by atoms with van der Waals surface area (Å²) in [5, 5.41) is 9.46. The summed E-state index contributed by atoms with van der Waals surface area (Å²) >= 11 is 0. The first-order chi connectivity index (χ1) is 15.2. The van der Waals surface area contributed by atoms with Gasteiger partial charge in [-0.2, -0.15) is 0 Å². The molecule has 0 aliphatic heterocycles. The SMILES string of the molecule is CCNC(=NCc1cccc(NC(=O)c2ccco2)c1)NCCc1ccc(OC)cc1. The number of ether oxygens (including phenoxy) is 1. The summed E-state index contributed by atoms with van der Waals surface area (Å²) < 4.78 is 10.3. The Morgan fingerprint density at radius 3 is 2.58 bits per heavy atom. The fourth-order valence-electron chi connectivity index (χ4n) is 2.98. The van der Waals surface area contributed by atoms with Crippen LogP contribution in [0.15, 0.2) is 76.3 Å². The van der Waals surface area contributed by atoms with Crippen LogP contribution >= 0.6 is 0 Å². The van der Waals surface area contributed by atoms with Gasteiger partial charge in [-0.25, -0.2) is 4.99 Å². The molecule has 3 rings (SSSR count). The lowest BCUT2D eigenvalue weighted by Crippen LogP contribution is -2.38. The number of anilines is 1. The van der Waals surface area contributed by atoms with E-state index in [1.165, 1.54) is 11.8 Å². The Labute approximate surface area is 182 Å². The summed E-state index contributed by atoms with van der Waals surface area (Å²) in [5.74, 6) is 1.60. The van der Waals surface area contributed by atoms with Gasteiger partial charge >= 0.3 is 0 Å². The Hall–Kier alpha value is -3.74. The Morgan fingerprint density at radius 2 is 1.87 bits per heavy atom. The highest BCUT2D eigenvalue weighted by molar-refractivity contribution is 6.02. The quantitative estimate of drug-likeness (QED) is 0.362. The highest BCUT2D eigenvalue weighted by atomic mass is 16.5. The van der Waals surface area contributed by atoms with Crippen LogP contribution in [0.5, 0.6) is 5.75 Å². The van der Waals surface area contributed by atoms with Crippen LogP contribution in [0, 0.1) is 0 Å². The molecule has 3 N–H and O–H groups in total. The van der Waals surface area contributed by atoms with Crippen LogP contribution in [-0.4, -0.2) is 32.1 Å². The number of hydrogen-bond donors (Lipinski definition) is 3. The van der Waals surface area contributed by atoms with Gasteiger partial charge in [0.05, 0.1) is 19.9 Å². The number of aliphatic imine (C=N–C) groups is 1. The van der Waals surface area contributed by atoms with Crippen molar-refractivity contribution in [2.24, 2.45) is 4.99 Å². The van der Waals surface area contributed by atoms with E-state index in [1.54, 1.807) is 19.2 Å². The molecule has 0 fully saturated rings. The molecule has 0 aliphatic rings. The second-order valence-corrected chi connectivity index (χ2v) is 6.85. The van der Waals surface area contributed by atoms with Crippen LogP contribution in [0.25, 0.3) is 0 Å². The van der Waals surface area contributed by atoms with Crippen molar-refractivity contribution in [2.75, 3.05) is 25.5 Å². The Balaban J connectivity index is 1.54. The summed E-state index contributed by atoms with van der Waals surface area (Å²) in [6.07, 6.45) is 2.35. The summed E-state index contributed by atoms with van der Waals surface area (Å²) in [4.78, 5) is 16.8. The van der Waals surface area contributed by atoms with Gasteiger partial charge in [-0.05, 0) is 60.9 Å². The number of guanidine groups is 1. The molecular weight excluding hydrogens is 392 g/mol. The topological polar surface area (TPSA) is 87.9 Å². The van der Waals surface area contributed by atoms with Crippen LogP contribution in [0.2, 0.25) is 0 Å². The molecule has 0 bridgehead atoms. The maximum Gasteiger partial charge on any atom is 0.291 e. The molecule has 0 spiro atoms. The second-order valence-electron chi connectivity index (χ2n) is 6.85. The highest BCUT2D eigenvalue weighted by Gasteiger charge is 2.08. The van der Waals surface area contributed by atoms with Crippen molar-refractivity contribution in [1.82, 2.24) is 10.6 Å². The van der Waals surface area contributed by atoms with Gasteiger partial charge in [-0.1, -0.05) is 24.3 Å². The largest absolute Gasteiger partial charge is 0.497 e. The number of nitrogens with zero attached hydrogens (tertiary/aromatic N) is 1. The van der Waals surface area contributed by atoms with Crippen molar-refractivity contribution in [3.05, 3.63) is 83.8 Å². The number of carbonyl (C=O) groups excluding carboxylic acids is 1. The molecule has 31 heavy (non-hydrogen) atoms. The van der Waals surface area contributed by atoms with Crippen molar-refractivity contribution < 1.29 is 13.9 Å². The number of furan rings is 1. The maximum atomic E-state index is 12.1. The molecule has 7 heteroatoms. The maximum absolute atomic E-state index is 12.1. The average Bonchev–Trinajstić information content (AvgIpc) is 3.33. The lowest BCUT2D eigenvalue weighted by Gasteiger charge is -2.12. The first-order valence-corrected chi connectivity index (χ1v) is 10.3. The Bertz CT molecular complexity index is 982. The van der Waals surface area contributed by atoms with E-state index < -0.39 is 0 Å². The molecule has 7 nitrogen and oxygen atoms in total. The number of hydrogen-bond acceptors (Lipinski definition) is 4. The van der Waals surface area contributed by atoms with Crippen LogP contribution < -0.4 is 20.7 Å². The fourth-order valence-corrected chi connectivity index (χ4v) is 2.98. The molecule has 1 amide bonds. The molecule has 0 saturated heterocycles. The molecule has 2 aromatic carbocycles. The molecule has 0 atom stereocenters. The van der Waals surface area contributed by atoms with Gasteiger partial charge in [0.15, 0.2) is 11.7 Å². The molecule has 0 aliphatic carbocycles. The third-order valence-electron chi connectivity index (χ3n) is 4.56. The normalized spacial score (nSPS) is 11.1. The number of amides is 1.